The molecule has 1 aromatic carbocycles. The highest BCUT2D eigenvalue weighted by Crippen LogP contribution is 2.30. The maximum Gasteiger partial charge on any atom is 0.191 e. The number of guanidine groups is 1. The summed E-state index contributed by atoms with van der Waals surface area (Å²) in [5.74, 6) is 2.53. The number of hydrogen-bond acceptors (Lipinski definition) is 6. The molecule has 0 amide bonds. The third kappa shape index (κ3) is 7.99. The van der Waals surface area contributed by atoms with Gasteiger partial charge in [-0.2, -0.15) is 0 Å². The number of halogens is 1. The number of ether oxygens (including phenoxy) is 2. The van der Waals surface area contributed by atoms with Crippen LogP contribution < -0.4 is 25.0 Å². The van der Waals surface area contributed by atoms with Crippen LogP contribution in [0.5, 0.6) is 11.5 Å². The second-order valence-corrected chi connectivity index (χ2v) is 8.69. The van der Waals surface area contributed by atoms with Crippen LogP contribution >= 0.6 is 35.3 Å². The molecule has 2 heterocycles. The molecule has 3 rings (SSSR count). The van der Waals surface area contributed by atoms with Crippen LogP contribution in [-0.2, 0) is 6.42 Å². The van der Waals surface area contributed by atoms with Gasteiger partial charge in [0, 0.05) is 67.2 Å². The van der Waals surface area contributed by atoms with E-state index in [1.165, 1.54) is 5.01 Å². The van der Waals surface area contributed by atoms with E-state index in [0.717, 1.165) is 80.7 Å². The number of thiazole rings is 1. The number of unbranched alkanes of at least 4 members (excludes halogenated alkanes) is 1. The van der Waals surface area contributed by atoms with Crippen LogP contribution in [0.15, 0.2) is 28.6 Å². The van der Waals surface area contributed by atoms with E-state index in [0.29, 0.717) is 6.04 Å². The molecule has 0 saturated carbocycles. The first-order valence-electron chi connectivity index (χ1n) is 11.0. The highest BCUT2D eigenvalue weighted by Gasteiger charge is 2.24. The zero-order chi connectivity index (χ0) is 22.1. The van der Waals surface area contributed by atoms with Gasteiger partial charge in [0.25, 0.3) is 0 Å². The van der Waals surface area contributed by atoms with Crippen molar-refractivity contribution in [3.05, 3.63) is 34.3 Å². The van der Waals surface area contributed by atoms with Crippen molar-refractivity contribution in [2.45, 2.75) is 45.6 Å². The highest BCUT2D eigenvalue weighted by atomic mass is 127. The van der Waals surface area contributed by atoms with Crippen molar-refractivity contribution in [2.75, 3.05) is 45.3 Å². The van der Waals surface area contributed by atoms with Crippen LogP contribution in [0, 0.1) is 6.92 Å². The first-order valence-corrected chi connectivity index (χ1v) is 11.9. The second kappa shape index (κ2) is 13.7. The average Bonchev–Trinajstić information content (AvgIpc) is 3.42. The van der Waals surface area contributed by atoms with E-state index >= 15 is 0 Å². The average molecular weight is 574 g/mol. The van der Waals surface area contributed by atoms with Gasteiger partial charge in [0.2, 0.25) is 0 Å². The van der Waals surface area contributed by atoms with E-state index in [2.05, 4.69) is 45.0 Å². The number of nitrogens with one attached hydrogen (secondary N) is 2. The molecule has 9 heteroatoms. The number of aliphatic imine (C=N–C) groups is 1. The largest absolute Gasteiger partial charge is 0.497 e. The van der Waals surface area contributed by atoms with E-state index in [1.54, 1.807) is 25.6 Å². The number of anilines is 1. The first-order chi connectivity index (χ1) is 15.1. The summed E-state index contributed by atoms with van der Waals surface area (Å²) < 4.78 is 10.8. The Hall–Kier alpha value is -1.75. The fourth-order valence-electron chi connectivity index (χ4n) is 3.70. The quantitative estimate of drug-likeness (QED) is 0.192. The van der Waals surface area contributed by atoms with Crippen LogP contribution in [0.3, 0.4) is 0 Å². The van der Waals surface area contributed by atoms with Crippen molar-refractivity contribution in [3.63, 3.8) is 0 Å². The number of methoxy groups -OCH3 is 2. The van der Waals surface area contributed by atoms with Gasteiger partial charge in [-0.05, 0) is 39.5 Å². The number of rotatable bonds is 10. The summed E-state index contributed by atoms with van der Waals surface area (Å²) in [6.07, 6.45) is 4.28. The number of nitrogens with zero attached hydrogens (tertiary/aromatic N) is 3. The number of aryl methyl sites for hydroxylation is 2. The smallest absolute Gasteiger partial charge is 0.191 e. The molecule has 1 fully saturated rings. The third-order valence-electron chi connectivity index (χ3n) is 5.31. The van der Waals surface area contributed by atoms with Gasteiger partial charge in [-0.15, -0.1) is 35.3 Å². The molecule has 0 aliphatic carbocycles. The van der Waals surface area contributed by atoms with Crippen molar-refractivity contribution in [1.82, 2.24) is 15.6 Å². The maximum absolute atomic E-state index is 5.42. The molecule has 1 aromatic heterocycles. The summed E-state index contributed by atoms with van der Waals surface area (Å²) >= 11 is 1.75. The zero-order valence-electron chi connectivity index (χ0n) is 19.5. The Morgan fingerprint density at radius 3 is 2.59 bits per heavy atom. The van der Waals surface area contributed by atoms with E-state index in [9.17, 15) is 0 Å². The SMILES string of the molecule is CCNC(=NCCCCc1nc(C)cs1)NC1CCN(c2cc(OC)cc(OC)c2)C1.I. The standard InChI is InChI=1S/C23H35N5O2S.HI/c1-5-24-23(25-10-7-6-8-22-26-17(2)16-31-22)27-18-9-11-28(15-18)19-12-20(29-3)14-21(13-19)30-4;/h12-14,16,18H,5-11,15H2,1-4H3,(H2,24,25,27);1H. The number of benzene rings is 1. The summed E-state index contributed by atoms with van der Waals surface area (Å²) in [4.78, 5) is 11.7. The predicted molar refractivity (Wildman–Crippen MR) is 144 cm³/mol. The van der Waals surface area contributed by atoms with Crippen LogP contribution in [0.1, 0.15) is 36.9 Å². The van der Waals surface area contributed by atoms with Crippen molar-refractivity contribution < 1.29 is 9.47 Å². The lowest BCUT2D eigenvalue weighted by molar-refractivity contribution is 0.394. The third-order valence-corrected chi connectivity index (χ3v) is 6.34. The van der Waals surface area contributed by atoms with Crippen LogP contribution in [-0.4, -0.2) is 57.4 Å². The van der Waals surface area contributed by atoms with E-state index in [1.807, 2.05) is 13.0 Å². The molecule has 2 N–H and O–H groups in total. The van der Waals surface area contributed by atoms with Crippen molar-refractivity contribution in [2.24, 2.45) is 4.99 Å². The minimum absolute atomic E-state index is 0. The Kier molecular flexibility index (Phi) is 11.4. The molecule has 0 radical (unpaired) electrons. The fraction of sp³-hybridized carbons (Fsp3) is 0.565. The van der Waals surface area contributed by atoms with Crippen LogP contribution in [0.25, 0.3) is 0 Å². The Balaban J connectivity index is 0.00000363. The van der Waals surface area contributed by atoms with Crippen LogP contribution in [0.4, 0.5) is 5.69 Å². The minimum atomic E-state index is 0. The predicted octanol–water partition coefficient (Wildman–Crippen LogP) is 4.24. The molecule has 7 nitrogen and oxygen atoms in total. The maximum atomic E-state index is 5.42. The molecular formula is C23H36IN5O2S. The Bertz CT molecular complexity index is 838. The molecule has 1 aliphatic rings. The Labute approximate surface area is 213 Å². The Morgan fingerprint density at radius 2 is 1.97 bits per heavy atom. The van der Waals surface area contributed by atoms with E-state index in [-0.39, 0.29) is 24.0 Å². The Morgan fingerprint density at radius 1 is 1.22 bits per heavy atom. The van der Waals surface area contributed by atoms with Gasteiger partial charge >= 0.3 is 0 Å². The molecule has 1 unspecified atom stereocenters. The lowest BCUT2D eigenvalue weighted by atomic mass is 10.2. The van der Waals surface area contributed by atoms with E-state index < -0.39 is 0 Å². The minimum Gasteiger partial charge on any atom is -0.497 e. The van der Waals surface area contributed by atoms with Crippen molar-refractivity contribution in [1.29, 1.82) is 0 Å². The second-order valence-electron chi connectivity index (χ2n) is 7.75. The van der Waals surface area contributed by atoms with Gasteiger partial charge < -0.3 is 25.0 Å². The van der Waals surface area contributed by atoms with Gasteiger partial charge in [-0.25, -0.2) is 4.98 Å². The summed E-state index contributed by atoms with van der Waals surface area (Å²) in [5, 5.41) is 10.3. The molecule has 1 atom stereocenters. The van der Waals surface area contributed by atoms with Crippen LogP contribution in [0.2, 0.25) is 0 Å². The van der Waals surface area contributed by atoms with Crippen molar-refractivity contribution in [3.8, 4) is 11.5 Å². The molecule has 0 bridgehead atoms. The van der Waals surface area contributed by atoms with Gasteiger partial charge in [0.15, 0.2) is 5.96 Å². The molecule has 32 heavy (non-hydrogen) atoms. The summed E-state index contributed by atoms with van der Waals surface area (Å²) in [6, 6.07) is 6.39. The summed E-state index contributed by atoms with van der Waals surface area (Å²) in [5.41, 5.74) is 2.24. The first kappa shape index (κ1) is 26.5. The van der Waals surface area contributed by atoms with Gasteiger partial charge in [0.1, 0.15) is 11.5 Å². The van der Waals surface area contributed by atoms with Crippen molar-refractivity contribution >= 4 is 47.0 Å². The molecule has 1 saturated heterocycles. The molecule has 1 aliphatic heterocycles. The van der Waals surface area contributed by atoms with Gasteiger partial charge in [-0.3, -0.25) is 4.99 Å². The molecule has 0 spiro atoms. The molecule has 178 valence electrons. The number of aromatic nitrogens is 1. The topological polar surface area (TPSA) is 71.0 Å². The summed E-state index contributed by atoms with van der Waals surface area (Å²) in [7, 11) is 3.37. The molecular weight excluding hydrogens is 537 g/mol. The number of hydrogen-bond donors (Lipinski definition) is 2. The highest BCUT2D eigenvalue weighted by molar-refractivity contribution is 14.0. The monoisotopic (exact) mass is 573 g/mol. The lowest BCUT2D eigenvalue weighted by Crippen LogP contribution is -2.44. The lowest BCUT2D eigenvalue weighted by Gasteiger charge is -2.21. The van der Waals surface area contributed by atoms with E-state index in [4.69, 9.17) is 14.5 Å². The fourth-order valence-corrected chi connectivity index (χ4v) is 4.52. The van der Waals surface area contributed by atoms with Gasteiger partial charge in [-0.1, -0.05) is 0 Å². The molecule has 2 aromatic rings. The van der Waals surface area contributed by atoms with Gasteiger partial charge in [0.05, 0.1) is 19.2 Å². The zero-order valence-corrected chi connectivity index (χ0v) is 22.7. The normalized spacial score (nSPS) is 15.9. The summed E-state index contributed by atoms with van der Waals surface area (Å²) in [6.45, 7) is 7.74.